The van der Waals surface area contributed by atoms with Crippen LogP contribution < -0.4 is 0 Å². The van der Waals surface area contributed by atoms with Crippen LogP contribution in [-0.4, -0.2) is 11.2 Å². The van der Waals surface area contributed by atoms with Gasteiger partial charge in [-0.3, -0.25) is 0 Å². The summed E-state index contributed by atoms with van der Waals surface area (Å²) in [5.74, 6) is 0.223. The minimum atomic E-state index is -0.276. The van der Waals surface area contributed by atoms with Crippen molar-refractivity contribution in [3.8, 4) is 0 Å². The summed E-state index contributed by atoms with van der Waals surface area (Å²) in [6.45, 7) is 8.08. The van der Waals surface area contributed by atoms with E-state index in [2.05, 4.69) is 39.0 Å². The van der Waals surface area contributed by atoms with Crippen LogP contribution in [0.4, 0.5) is 0 Å². The first kappa shape index (κ1) is 10.3. The van der Waals surface area contributed by atoms with Crippen LogP contribution in [0.2, 0.25) is 0 Å². The lowest BCUT2D eigenvalue weighted by Gasteiger charge is -2.17. The molecule has 0 fully saturated rings. The second-order valence-corrected chi connectivity index (χ2v) is 3.89. The van der Waals surface area contributed by atoms with Gasteiger partial charge in [0.25, 0.3) is 0 Å². The SMILES string of the molecule is Cc1ccc(C(C)C(C)O)c(C)c1. The lowest BCUT2D eigenvalue weighted by atomic mass is 9.91. The molecule has 0 aliphatic carbocycles. The Bertz CT molecular complexity index is 289. The summed E-state index contributed by atoms with van der Waals surface area (Å²) in [4.78, 5) is 0. The van der Waals surface area contributed by atoms with Gasteiger partial charge in [-0.2, -0.15) is 0 Å². The second kappa shape index (κ2) is 3.93. The Labute approximate surface area is 80.4 Å². The summed E-state index contributed by atoms with van der Waals surface area (Å²) in [6.07, 6.45) is -0.276. The van der Waals surface area contributed by atoms with Crippen LogP contribution >= 0.6 is 0 Å². The molecule has 0 saturated heterocycles. The Hall–Kier alpha value is -0.820. The van der Waals surface area contributed by atoms with Crippen molar-refractivity contribution in [1.29, 1.82) is 0 Å². The molecule has 0 aliphatic rings. The summed E-state index contributed by atoms with van der Waals surface area (Å²) >= 11 is 0. The maximum absolute atomic E-state index is 9.47. The molecule has 0 aromatic heterocycles. The van der Waals surface area contributed by atoms with Crippen molar-refractivity contribution >= 4 is 0 Å². The predicted octanol–water partition coefficient (Wildman–Crippen LogP) is 2.79. The van der Waals surface area contributed by atoms with Crippen LogP contribution in [0.1, 0.15) is 36.5 Å². The molecule has 0 bridgehead atoms. The fourth-order valence-electron chi connectivity index (χ4n) is 1.60. The van der Waals surface area contributed by atoms with E-state index in [4.69, 9.17) is 0 Å². The molecule has 0 spiro atoms. The molecule has 1 heteroatoms. The van der Waals surface area contributed by atoms with Crippen molar-refractivity contribution in [2.45, 2.75) is 39.7 Å². The number of rotatable bonds is 2. The lowest BCUT2D eigenvalue weighted by Crippen LogP contribution is -2.12. The minimum Gasteiger partial charge on any atom is -0.393 e. The predicted molar refractivity (Wildman–Crippen MR) is 56.0 cm³/mol. The van der Waals surface area contributed by atoms with Gasteiger partial charge in [-0.25, -0.2) is 0 Å². The standard InChI is InChI=1S/C12H18O/c1-8-5-6-12(9(2)7-8)10(3)11(4)13/h5-7,10-11,13H,1-4H3. The van der Waals surface area contributed by atoms with Crippen molar-refractivity contribution in [3.05, 3.63) is 34.9 Å². The van der Waals surface area contributed by atoms with E-state index >= 15 is 0 Å². The molecule has 1 rings (SSSR count). The van der Waals surface area contributed by atoms with Crippen molar-refractivity contribution in [1.82, 2.24) is 0 Å². The summed E-state index contributed by atoms with van der Waals surface area (Å²) in [6, 6.07) is 6.37. The molecule has 2 atom stereocenters. The zero-order valence-corrected chi connectivity index (χ0v) is 8.83. The number of aliphatic hydroxyl groups excluding tert-OH is 1. The number of hydrogen-bond donors (Lipinski definition) is 1. The molecule has 1 N–H and O–H groups in total. The Morgan fingerprint density at radius 2 is 1.77 bits per heavy atom. The van der Waals surface area contributed by atoms with E-state index in [9.17, 15) is 5.11 Å². The van der Waals surface area contributed by atoms with E-state index in [1.165, 1.54) is 16.7 Å². The number of hydrogen-bond acceptors (Lipinski definition) is 1. The molecule has 0 saturated carbocycles. The largest absolute Gasteiger partial charge is 0.393 e. The van der Waals surface area contributed by atoms with Gasteiger partial charge in [-0.05, 0) is 31.9 Å². The third-order valence-corrected chi connectivity index (χ3v) is 2.64. The molecule has 2 unspecified atom stereocenters. The zero-order valence-electron chi connectivity index (χ0n) is 8.83. The molecule has 1 aromatic carbocycles. The third-order valence-electron chi connectivity index (χ3n) is 2.64. The minimum absolute atomic E-state index is 0.223. The molecule has 1 nitrogen and oxygen atoms in total. The van der Waals surface area contributed by atoms with E-state index in [0.717, 1.165) is 0 Å². The van der Waals surface area contributed by atoms with Crippen LogP contribution in [0.15, 0.2) is 18.2 Å². The maximum Gasteiger partial charge on any atom is 0.0578 e. The number of benzene rings is 1. The highest BCUT2D eigenvalue weighted by Crippen LogP contribution is 2.23. The van der Waals surface area contributed by atoms with Gasteiger partial charge in [0.05, 0.1) is 6.10 Å². The van der Waals surface area contributed by atoms with E-state index in [0.29, 0.717) is 0 Å². The molecule has 72 valence electrons. The molecule has 1 aromatic rings. The average molecular weight is 178 g/mol. The summed E-state index contributed by atoms with van der Waals surface area (Å²) in [5.41, 5.74) is 3.80. The first-order valence-corrected chi connectivity index (χ1v) is 4.77. The highest BCUT2D eigenvalue weighted by atomic mass is 16.3. The van der Waals surface area contributed by atoms with Crippen LogP contribution in [0.3, 0.4) is 0 Å². The first-order chi connectivity index (χ1) is 6.02. The number of aliphatic hydroxyl groups is 1. The Balaban J connectivity index is 3.01. The molecule has 13 heavy (non-hydrogen) atoms. The van der Waals surface area contributed by atoms with Gasteiger partial charge < -0.3 is 5.11 Å². The van der Waals surface area contributed by atoms with E-state index in [1.54, 1.807) is 0 Å². The second-order valence-electron chi connectivity index (χ2n) is 3.89. The Morgan fingerprint density at radius 3 is 2.23 bits per heavy atom. The molecule has 0 aliphatic heterocycles. The van der Waals surface area contributed by atoms with Crippen LogP contribution in [-0.2, 0) is 0 Å². The van der Waals surface area contributed by atoms with Crippen molar-refractivity contribution in [3.63, 3.8) is 0 Å². The fourth-order valence-corrected chi connectivity index (χ4v) is 1.60. The van der Waals surface area contributed by atoms with Crippen molar-refractivity contribution < 1.29 is 5.11 Å². The van der Waals surface area contributed by atoms with Crippen LogP contribution in [0.25, 0.3) is 0 Å². The van der Waals surface area contributed by atoms with Gasteiger partial charge in [-0.15, -0.1) is 0 Å². The molecular weight excluding hydrogens is 160 g/mol. The topological polar surface area (TPSA) is 20.2 Å². The first-order valence-electron chi connectivity index (χ1n) is 4.77. The van der Waals surface area contributed by atoms with Gasteiger partial charge in [-0.1, -0.05) is 30.7 Å². The smallest absolute Gasteiger partial charge is 0.0578 e. The van der Waals surface area contributed by atoms with Gasteiger partial charge in [0.2, 0.25) is 0 Å². The molecule has 0 heterocycles. The molecular formula is C12H18O. The average Bonchev–Trinajstić information content (AvgIpc) is 2.03. The van der Waals surface area contributed by atoms with Gasteiger partial charge in [0.15, 0.2) is 0 Å². The summed E-state index contributed by atoms with van der Waals surface area (Å²) in [5, 5.41) is 9.47. The Kier molecular flexibility index (Phi) is 3.10. The monoisotopic (exact) mass is 178 g/mol. The number of aryl methyl sites for hydroxylation is 2. The highest BCUT2D eigenvalue weighted by Gasteiger charge is 2.13. The van der Waals surface area contributed by atoms with Crippen LogP contribution in [0, 0.1) is 13.8 Å². The normalized spacial score (nSPS) is 15.5. The van der Waals surface area contributed by atoms with Crippen molar-refractivity contribution in [2.75, 3.05) is 0 Å². The van der Waals surface area contributed by atoms with E-state index in [1.807, 2.05) is 6.92 Å². The molecule has 0 amide bonds. The van der Waals surface area contributed by atoms with E-state index in [-0.39, 0.29) is 12.0 Å². The summed E-state index contributed by atoms with van der Waals surface area (Å²) in [7, 11) is 0. The molecule has 0 radical (unpaired) electrons. The van der Waals surface area contributed by atoms with Crippen molar-refractivity contribution in [2.24, 2.45) is 0 Å². The maximum atomic E-state index is 9.47. The van der Waals surface area contributed by atoms with Gasteiger partial charge in [0, 0.05) is 5.92 Å². The van der Waals surface area contributed by atoms with Gasteiger partial charge >= 0.3 is 0 Å². The van der Waals surface area contributed by atoms with E-state index < -0.39 is 0 Å². The quantitative estimate of drug-likeness (QED) is 0.738. The summed E-state index contributed by atoms with van der Waals surface area (Å²) < 4.78 is 0. The third kappa shape index (κ3) is 2.31. The Morgan fingerprint density at radius 1 is 1.15 bits per heavy atom. The van der Waals surface area contributed by atoms with Crippen LogP contribution in [0.5, 0.6) is 0 Å². The fraction of sp³-hybridized carbons (Fsp3) is 0.500. The lowest BCUT2D eigenvalue weighted by molar-refractivity contribution is 0.168. The highest BCUT2D eigenvalue weighted by molar-refractivity contribution is 5.33. The van der Waals surface area contributed by atoms with Gasteiger partial charge in [0.1, 0.15) is 0 Å². The zero-order chi connectivity index (χ0) is 10.0.